The number of ether oxygens (including phenoxy) is 2. The Bertz CT molecular complexity index is 612. The molecule has 4 heteroatoms. The van der Waals surface area contributed by atoms with Crippen molar-refractivity contribution in [1.82, 2.24) is 0 Å². The normalized spacial score (nSPS) is 20.9. The van der Waals surface area contributed by atoms with Crippen molar-refractivity contribution < 1.29 is 13.9 Å². The lowest BCUT2D eigenvalue weighted by Gasteiger charge is -2.30. The Kier molecular flexibility index (Phi) is 3.32. The van der Waals surface area contributed by atoms with Crippen molar-refractivity contribution in [2.75, 3.05) is 7.11 Å². The molecular weight excluding hydrogens is 257 g/mol. The van der Waals surface area contributed by atoms with Gasteiger partial charge in [-0.3, -0.25) is 0 Å². The zero-order valence-electron chi connectivity index (χ0n) is 11.2. The van der Waals surface area contributed by atoms with E-state index in [0.29, 0.717) is 6.42 Å². The Hall–Kier alpha value is -2.07. The van der Waals surface area contributed by atoms with E-state index in [2.05, 4.69) is 0 Å². The largest absolute Gasteiger partial charge is 0.497 e. The minimum absolute atomic E-state index is 0.0975. The smallest absolute Gasteiger partial charge is 0.128 e. The maximum absolute atomic E-state index is 13.0. The van der Waals surface area contributed by atoms with Gasteiger partial charge < -0.3 is 15.2 Å². The lowest BCUT2D eigenvalue weighted by Crippen LogP contribution is -2.24. The predicted molar refractivity (Wildman–Crippen MR) is 74.3 cm³/mol. The fraction of sp³-hybridized carbons (Fsp3) is 0.250. The molecular formula is C16H16FNO2. The minimum Gasteiger partial charge on any atom is -0.497 e. The SMILES string of the molecule is COc1ccc2c(c1)OC(c1ccc(F)cc1)CC2N. The van der Waals surface area contributed by atoms with Gasteiger partial charge >= 0.3 is 0 Å². The molecule has 3 nitrogen and oxygen atoms in total. The first-order chi connectivity index (χ1) is 9.67. The van der Waals surface area contributed by atoms with Crippen LogP contribution >= 0.6 is 0 Å². The van der Waals surface area contributed by atoms with E-state index in [9.17, 15) is 4.39 Å². The van der Waals surface area contributed by atoms with Crippen molar-refractivity contribution in [3.8, 4) is 11.5 Å². The van der Waals surface area contributed by atoms with Crippen LogP contribution in [0.3, 0.4) is 0 Å². The van der Waals surface area contributed by atoms with Crippen LogP contribution in [-0.4, -0.2) is 7.11 Å². The zero-order chi connectivity index (χ0) is 14.1. The fourth-order valence-electron chi connectivity index (χ4n) is 2.49. The van der Waals surface area contributed by atoms with Crippen LogP contribution in [0.4, 0.5) is 4.39 Å². The number of rotatable bonds is 2. The molecule has 0 spiro atoms. The molecule has 0 saturated heterocycles. The van der Waals surface area contributed by atoms with Gasteiger partial charge in [-0.05, 0) is 23.8 Å². The van der Waals surface area contributed by atoms with Crippen molar-refractivity contribution >= 4 is 0 Å². The molecule has 0 saturated carbocycles. The van der Waals surface area contributed by atoms with Crippen LogP contribution in [0.5, 0.6) is 11.5 Å². The lowest BCUT2D eigenvalue weighted by molar-refractivity contribution is 0.161. The molecule has 0 aromatic heterocycles. The molecule has 20 heavy (non-hydrogen) atoms. The average molecular weight is 273 g/mol. The summed E-state index contributed by atoms with van der Waals surface area (Å²) < 4.78 is 24.2. The molecule has 1 aliphatic heterocycles. The topological polar surface area (TPSA) is 44.5 Å². The third-order valence-electron chi connectivity index (χ3n) is 3.60. The molecule has 0 radical (unpaired) electrons. The van der Waals surface area contributed by atoms with Gasteiger partial charge in [-0.25, -0.2) is 4.39 Å². The zero-order valence-corrected chi connectivity index (χ0v) is 11.2. The minimum atomic E-state index is -0.254. The number of nitrogens with two attached hydrogens (primary N) is 1. The van der Waals surface area contributed by atoms with E-state index in [1.165, 1.54) is 12.1 Å². The van der Waals surface area contributed by atoms with E-state index in [1.54, 1.807) is 19.2 Å². The highest BCUT2D eigenvalue weighted by Crippen LogP contribution is 2.41. The first-order valence-electron chi connectivity index (χ1n) is 6.53. The predicted octanol–water partition coefficient (Wildman–Crippen LogP) is 3.36. The van der Waals surface area contributed by atoms with E-state index in [4.69, 9.17) is 15.2 Å². The summed E-state index contributed by atoms with van der Waals surface area (Å²) >= 11 is 0. The summed E-state index contributed by atoms with van der Waals surface area (Å²) in [6, 6.07) is 11.9. The van der Waals surface area contributed by atoms with Gasteiger partial charge in [-0.15, -0.1) is 0 Å². The van der Waals surface area contributed by atoms with Gasteiger partial charge in [0.2, 0.25) is 0 Å². The molecule has 0 bridgehead atoms. The molecule has 0 fully saturated rings. The van der Waals surface area contributed by atoms with Gasteiger partial charge in [0.1, 0.15) is 23.4 Å². The number of fused-ring (bicyclic) bond motifs is 1. The Morgan fingerprint density at radius 3 is 2.65 bits per heavy atom. The van der Waals surface area contributed by atoms with Crippen LogP contribution < -0.4 is 15.2 Å². The highest BCUT2D eigenvalue weighted by molar-refractivity contribution is 5.44. The molecule has 2 N–H and O–H groups in total. The van der Waals surface area contributed by atoms with Gasteiger partial charge in [0.05, 0.1) is 7.11 Å². The van der Waals surface area contributed by atoms with Crippen LogP contribution in [0.25, 0.3) is 0 Å². The second-order valence-corrected chi connectivity index (χ2v) is 4.90. The molecule has 2 aromatic carbocycles. The van der Waals surface area contributed by atoms with Gasteiger partial charge in [0, 0.05) is 24.1 Å². The van der Waals surface area contributed by atoms with Gasteiger partial charge in [0.25, 0.3) is 0 Å². The van der Waals surface area contributed by atoms with E-state index < -0.39 is 0 Å². The maximum atomic E-state index is 13.0. The van der Waals surface area contributed by atoms with Crippen LogP contribution in [0.2, 0.25) is 0 Å². The number of benzene rings is 2. The monoisotopic (exact) mass is 273 g/mol. The third-order valence-corrected chi connectivity index (χ3v) is 3.60. The number of halogens is 1. The molecule has 0 amide bonds. The van der Waals surface area contributed by atoms with E-state index in [-0.39, 0.29) is 18.0 Å². The Morgan fingerprint density at radius 2 is 1.95 bits per heavy atom. The summed E-state index contributed by atoms with van der Waals surface area (Å²) in [5.41, 5.74) is 8.10. The van der Waals surface area contributed by atoms with Crippen molar-refractivity contribution in [2.24, 2.45) is 5.73 Å². The van der Waals surface area contributed by atoms with Crippen LogP contribution in [0, 0.1) is 5.82 Å². The second kappa shape index (κ2) is 5.13. The fourth-order valence-corrected chi connectivity index (χ4v) is 2.49. The summed E-state index contributed by atoms with van der Waals surface area (Å²) in [7, 11) is 1.61. The molecule has 1 heterocycles. The summed E-state index contributed by atoms with van der Waals surface area (Å²) in [4.78, 5) is 0. The van der Waals surface area contributed by atoms with Crippen molar-refractivity contribution in [2.45, 2.75) is 18.6 Å². The molecule has 0 aliphatic carbocycles. The summed E-state index contributed by atoms with van der Waals surface area (Å²) in [6.45, 7) is 0. The Morgan fingerprint density at radius 1 is 1.20 bits per heavy atom. The summed E-state index contributed by atoms with van der Waals surface area (Å²) in [6.07, 6.45) is 0.510. The third kappa shape index (κ3) is 2.34. The van der Waals surface area contributed by atoms with Crippen molar-refractivity contribution in [1.29, 1.82) is 0 Å². The maximum Gasteiger partial charge on any atom is 0.128 e. The molecule has 3 rings (SSSR count). The number of hydrogen-bond donors (Lipinski definition) is 1. The van der Waals surface area contributed by atoms with Crippen molar-refractivity contribution in [3.05, 3.63) is 59.4 Å². The molecule has 2 atom stereocenters. The second-order valence-electron chi connectivity index (χ2n) is 4.90. The number of methoxy groups -OCH3 is 1. The highest BCUT2D eigenvalue weighted by Gasteiger charge is 2.27. The summed E-state index contributed by atoms with van der Waals surface area (Å²) in [5, 5.41) is 0. The lowest BCUT2D eigenvalue weighted by atomic mass is 9.93. The Labute approximate surface area is 117 Å². The van der Waals surface area contributed by atoms with E-state index in [1.807, 2.05) is 18.2 Å². The van der Waals surface area contributed by atoms with Gasteiger partial charge in [-0.1, -0.05) is 18.2 Å². The van der Waals surface area contributed by atoms with Gasteiger partial charge in [-0.2, -0.15) is 0 Å². The molecule has 1 aliphatic rings. The van der Waals surface area contributed by atoms with E-state index in [0.717, 1.165) is 22.6 Å². The average Bonchev–Trinajstić information content (AvgIpc) is 2.47. The van der Waals surface area contributed by atoms with Gasteiger partial charge in [0.15, 0.2) is 0 Å². The van der Waals surface area contributed by atoms with Crippen LogP contribution in [-0.2, 0) is 0 Å². The van der Waals surface area contributed by atoms with Crippen molar-refractivity contribution in [3.63, 3.8) is 0 Å². The van der Waals surface area contributed by atoms with Crippen LogP contribution in [0.1, 0.15) is 29.7 Å². The first kappa shape index (κ1) is 12.9. The molecule has 2 unspecified atom stereocenters. The highest BCUT2D eigenvalue weighted by atomic mass is 19.1. The quantitative estimate of drug-likeness (QED) is 0.912. The first-order valence-corrected chi connectivity index (χ1v) is 6.53. The van der Waals surface area contributed by atoms with E-state index >= 15 is 0 Å². The number of hydrogen-bond acceptors (Lipinski definition) is 3. The Balaban J connectivity index is 1.92. The standard InChI is InChI=1S/C16H16FNO2/c1-19-12-6-7-13-14(18)9-15(20-16(13)8-12)10-2-4-11(17)5-3-10/h2-8,14-15H,9,18H2,1H3. The summed E-state index contributed by atoms with van der Waals surface area (Å²) in [5.74, 6) is 1.21. The van der Waals surface area contributed by atoms with Crippen LogP contribution in [0.15, 0.2) is 42.5 Å². The molecule has 104 valence electrons. The molecule has 2 aromatic rings.